The Balaban J connectivity index is 3.60. The average molecular weight is 248 g/mol. The highest BCUT2D eigenvalue weighted by molar-refractivity contribution is 5.79. The van der Waals surface area contributed by atoms with Crippen LogP contribution in [0.15, 0.2) is 46.6 Å². The minimum atomic E-state index is -2.87. The van der Waals surface area contributed by atoms with Crippen LogP contribution in [-0.4, -0.2) is 0 Å². The highest BCUT2D eigenvalue weighted by Crippen LogP contribution is 2.52. The minimum absolute atomic E-state index is 1.83. The summed E-state index contributed by atoms with van der Waals surface area (Å²) in [6, 6.07) is 0. The Morgan fingerprint density at radius 2 is 0.500 bits per heavy atom. The molecule has 0 aliphatic heterocycles. The molecule has 16 heavy (non-hydrogen) atoms. The third kappa shape index (κ3) is 1.74. The van der Waals surface area contributed by atoms with Gasteiger partial charge in [0.2, 0.25) is 0 Å². The number of rotatable bonds is 0. The second-order valence-corrected chi connectivity index (χ2v) is 2.54. The van der Waals surface area contributed by atoms with E-state index in [0.717, 1.165) is 0 Å². The van der Waals surface area contributed by atoms with Gasteiger partial charge in [0.25, 0.3) is 24.3 Å². The van der Waals surface area contributed by atoms with Crippen LogP contribution in [0.3, 0.4) is 0 Å². The first-order chi connectivity index (χ1) is 7.29. The quantitative estimate of drug-likeness (QED) is 0.549. The summed E-state index contributed by atoms with van der Waals surface area (Å²) in [6.07, 6.45) is -11.5. The highest BCUT2D eigenvalue weighted by atomic mass is 19.3. The van der Waals surface area contributed by atoms with Gasteiger partial charge in [0.15, 0.2) is 0 Å². The molecule has 1 aliphatic rings. The molecule has 0 spiro atoms. The molecule has 1 saturated carbocycles. The van der Waals surface area contributed by atoms with Crippen LogP contribution >= 0.6 is 0 Å². The molecule has 0 N–H and O–H groups in total. The van der Waals surface area contributed by atoms with Gasteiger partial charge >= 0.3 is 0 Å². The lowest BCUT2D eigenvalue weighted by Gasteiger charge is -2.25. The first-order valence-corrected chi connectivity index (χ1v) is 3.51. The van der Waals surface area contributed by atoms with E-state index in [-0.39, 0.29) is 0 Å². The normalized spacial score (nSPS) is 15.0. The summed E-state index contributed by atoms with van der Waals surface area (Å²) in [7, 11) is 0. The van der Waals surface area contributed by atoms with Crippen molar-refractivity contribution in [3.63, 3.8) is 0 Å². The molecule has 0 saturated heterocycles. The van der Waals surface area contributed by atoms with Crippen LogP contribution < -0.4 is 0 Å². The van der Waals surface area contributed by atoms with Gasteiger partial charge in [-0.1, -0.05) is 0 Å². The molecule has 0 aromatic carbocycles. The summed E-state index contributed by atoms with van der Waals surface area (Å²) < 4.78 is 96.1. The first kappa shape index (κ1) is 12.5. The van der Waals surface area contributed by atoms with E-state index in [1.54, 1.807) is 0 Å². The van der Waals surface area contributed by atoms with E-state index in [4.69, 9.17) is 0 Å². The topological polar surface area (TPSA) is 0 Å². The summed E-state index contributed by atoms with van der Waals surface area (Å²) in [5.74, 6) is 0. The molecule has 0 radical (unpaired) electrons. The minimum Gasteiger partial charge on any atom is -0.173 e. The van der Waals surface area contributed by atoms with E-state index in [2.05, 4.69) is 0 Å². The van der Waals surface area contributed by atoms with Crippen LogP contribution in [0.1, 0.15) is 0 Å². The second-order valence-electron chi connectivity index (χ2n) is 2.54. The van der Waals surface area contributed by atoms with Crippen molar-refractivity contribution in [1.29, 1.82) is 0 Å². The van der Waals surface area contributed by atoms with E-state index in [9.17, 15) is 35.1 Å². The molecule has 0 unspecified atom stereocenters. The molecular formula is C8F8. The first-order valence-electron chi connectivity index (χ1n) is 3.51. The molecule has 1 aliphatic carbocycles. The van der Waals surface area contributed by atoms with Crippen molar-refractivity contribution in [2.75, 3.05) is 0 Å². The fraction of sp³-hybridized carbons (Fsp3) is 0. The van der Waals surface area contributed by atoms with Crippen LogP contribution in [0, 0.1) is 0 Å². The van der Waals surface area contributed by atoms with Crippen LogP contribution in [-0.2, 0) is 0 Å². The second kappa shape index (κ2) is 4.11. The lowest BCUT2D eigenvalue weighted by Crippen LogP contribution is -2.17. The average Bonchev–Trinajstić information content (AvgIpc) is 1.97. The molecule has 0 nitrogen and oxygen atoms in total. The van der Waals surface area contributed by atoms with Crippen LogP contribution in [0.5, 0.6) is 0 Å². The van der Waals surface area contributed by atoms with E-state index >= 15 is 0 Å². The van der Waals surface area contributed by atoms with E-state index < -0.39 is 46.6 Å². The number of hydrogen-bond donors (Lipinski definition) is 0. The molecule has 0 aromatic heterocycles. The van der Waals surface area contributed by atoms with Gasteiger partial charge in [-0.3, -0.25) is 0 Å². The molecule has 88 valence electrons. The Kier molecular flexibility index (Phi) is 3.20. The van der Waals surface area contributed by atoms with Crippen LogP contribution in [0.25, 0.3) is 0 Å². The van der Waals surface area contributed by atoms with E-state index in [1.165, 1.54) is 0 Å². The van der Waals surface area contributed by atoms with Gasteiger partial charge in [0, 0.05) is 0 Å². The maximum atomic E-state index is 12.0. The van der Waals surface area contributed by atoms with Crippen molar-refractivity contribution in [1.82, 2.24) is 0 Å². The standard InChI is InChI=1S/C8F8/c9-5(10)1-2(6(11)12)4(8(15)16)3(1)7(13)14. The molecule has 0 bridgehead atoms. The van der Waals surface area contributed by atoms with E-state index in [1.807, 2.05) is 0 Å². The Bertz CT molecular complexity index is 344. The largest absolute Gasteiger partial charge is 0.279 e. The van der Waals surface area contributed by atoms with Crippen molar-refractivity contribution in [2.24, 2.45) is 0 Å². The van der Waals surface area contributed by atoms with Gasteiger partial charge in [0.05, 0.1) is 22.3 Å². The predicted molar refractivity (Wildman–Crippen MR) is 37.0 cm³/mol. The SMILES string of the molecule is FC(F)=C1C(=C(F)F)C(=C(F)F)C1=C(F)F. The van der Waals surface area contributed by atoms with Gasteiger partial charge < -0.3 is 0 Å². The van der Waals surface area contributed by atoms with Gasteiger partial charge in [-0.15, -0.1) is 0 Å². The zero-order chi connectivity index (χ0) is 12.6. The van der Waals surface area contributed by atoms with Crippen LogP contribution in [0.2, 0.25) is 0 Å². The van der Waals surface area contributed by atoms with Crippen molar-refractivity contribution < 1.29 is 35.1 Å². The third-order valence-corrected chi connectivity index (χ3v) is 1.76. The monoisotopic (exact) mass is 248 g/mol. The number of halogens is 8. The maximum Gasteiger partial charge on any atom is 0.279 e. The van der Waals surface area contributed by atoms with Crippen molar-refractivity contribution >= 4 is 0 Å². The summed E-state index contributed by atoms with van der Waals surface area (Å²) in [4.78, 5) is 0. The fourth-order valence-electron chi connectivity index (χ4n) is 1.19. The lowest BCUT2D eigenvalue weighted by atomic mass is 9.77. The van der Waals surface area contributed by atoms with Gasteiger partial charge in [0.1, 0.15) is 0 Å². The summed E-state index contributed by atoms with van der Waals surface area (Å²) in [6.45, 7) is 0. The Hall–Kier alpha value is -1.60. The van der Waals surface area contributed by atoms with Gasteiger partial charge in [-0.05, 0) is 0 Å². The molecule has 0 atom stereocenters. The zero-order valence-electron chi connectivity index (χ0n) is 7.02. The van der Waals surface area contributed by atoms with Crippen LogP contribution in [0.4, 0.5) is 35.1 Å². The van der Waals surface area contributed by atoms with Gasteiger partial charge in [-0.25, -0.2) is 0 Å². The lowest BCUT2D eigenvalue weighted by molar-refractivity contribution is 0.370. The summed E-state index contributed by atoms with van der Waals surface area (Å²) in [5, 5.41) is 0. The molecule has 8 heteroatoms. The molecule has 1 rings (SSSR count). The Morgan fingerprint density at radius 3 is 0.562 bits per heavy atom. The molecule has 0 amide bonds. The molecule has 0 aromatic rings. The maximum absolute atomic E-state index is 12.0. The Labute approximate surface area is 82.9 Å². The summed E-state index contributed by atoms with van der Waals surface area (Å²) in [5.41, 5.74) is -7.32. The van der Waals surface area contributed by atoms with Crippen molar-refractivity contribution in [3.8, 4) is 0 Å². The number of hydrogen-bond acceptors (Lipinski definition) is 0. The van der Waals surface area contributed by atoms with Crippen molar-refractivity contribution in [3.05, 3.63) is 46.6 Å². The Morgan fingerprint density at radius 1 is 0.375 bits per heavy atom. The smallest absolute Gasteiger partial charge is 0.173 e. The fourth-order valence-corrected chi connectivity index (χ4v) is 1.19. The third-order valence-electron chi connectivity index (χ3n) is 1.76. The predicted octanol–water partition coefficient (Wildman–Crippen LogP) is 4.60. The highest BCUT2D eigenvalue weighted by Gasteiger charge is 2.44. The number of allylic oxidation sites excluding steroid dienone is 4. The van der Waals surface area contributed by atoms with E-state index in [0.29, 0.717) is 0 Å². The molecule has 0 heterocycles. The zero-order valence-corrected chi connectivity index (χ0v) is 7.02. The summed E-state index contributed by atoms with van der Waals surface area (Å²) >= 11 is 0. The van der Waals surface area contributed by atoms with Crippen molar-refractivity contribution in [2.45, 2.75) is 0 Å². The molecular weight excluding hydrogens is 248 g/mol. The van der Waals surface area contributed by atoms with Gasteiger partial charge in [-0.2, -0.15) is 35.1 Å². The molecule has 1 fully saturated rings.